The summed E-state index contributed by atoms with van der Waals surface area (Å²) >= 11 is 8.71. The number of imidazole rings is 1. The van der Waals surface area contributed by atoms with Gasteiger partial charge in [-0.15, -0.1) is 0 Å². The number of benzene rings is 5. The molecule has 21 nitrogen and oxygen atoms in total. The molecular formula is C63H76N12O9S2. The fourth-order valence-electron chi connectivity index (χ4n) is 10.1. The summed E-state index contributed by atoms with van der Waals surface area (Å²) < 4.78 is 0. The van der Waals surface area contributed by atoms with E-state index in [0.29, 0.717) is 24.1 Å². The molecule has 0 saturated heterocycles. The fraction of sp³-hybridized carbons (Fsp3) is 0.349. The number of hydrogen-bond donors (Lipinski definition) is 14. The number of unbranched alkanes of at least 4 members (excludes halogenated alkanes) is 1. The number of aliphatic carboxylic acids is 1. The molecule has 0 bridgehead atoms. The summed E-state index contributed by atoms with van der Waals surface area (Å²) in [6, 6.07) is 29.2. The molecule has 0 fully saturated rings. The van der Waals surface area contributed by atoms with Crippen LogP contribution in [0.4, 0.5) is 0 Å². The number of hydrogen-bond acceptors (Lipinski definition) is 13. The second-order valence-electron chi connectivity index (χ2n) is 21.5. The number of carboxylic acid groups (broad SMARTS) is 1. The van der Waals surface area contributed by atoms with E-state index in [2.05, 4.69) is 77.4 Å². The molecule has 0 radical (unpaired) electrons. The third kappa shape index (κ3) is 18.3. The van der Waals surface area contributed by atoms with Crippen LogP contribution in [0.5, 0.6) is 0 Å². The number of H-pyrrole nitrogens is 2. The van der Waals surface area contributed by atoms with Crippen LogP contribution in [-0.4, -0.2) is 134 Å². The normalized spacial score (nSPS) is 14.2. The van der Waals surface area contributed by atoms with E-state index in [-0.39, 0.29) is 50.2 Å². The third-order valence-electron chi connectivity index (χ3n) is 14.9. The molecule has 8 atom stereocenters. The number of carbonyl (C=O) groups is 8. The van der Waals surface area contributed by atoms with Crippen LogP contribution in [0, 0.1) is 5.92 Å². The molecule has 7 rings (SSSR count). The predicted molar refractivity (Wildman–Crippen MR) is 336 cm³/mol. The number of thiol groups is 2. The highest BCUT2D eigenvalue weighted by Crippen LogP contribution is 2.30. The first-order chi connectivity index (χ1) is 41.5. The summed E-state index contributed by atoms with van der Waals surface area (Å²) in [7, 11) is 0. The zero-order valence-electron chi connectivity index (χ0n) is 47.9. The van der Waals surface area contributed by atoms with E-state index in [1.165, 1.54) is 12.5 Å². The van der Waals surface area contributed by atoms with Gasteiger partial charge in [-0.3, -0.25) is 33.6 Å². The van der Waals surface area contributed by atoms with E-state index in [1.807, 2.05) is 127 Å². The van der Waals surface area contributed by atoms with Gasteiger partial charge in [-0.2, -0.15) is 25.3 Å². The van der Waals surface area contributed by atoms with Crippen molar-refractivity contribution >= 4 is 94.3 Å². The Morgan fingerprint density at radius 1 is 0.558 bits per heavy atom. The Morgan fingerprint density at radius 3 is 1.69 bits per heavy atom. The molecule has 0 unspecified atom stereocenters. The number of carboxylic acids is 1. The second-order valence-corrected chi connectivity index (χ2v) is 22.3. The summed E-state index contributed by atoms with van der Waals surface area (Å²) in [4.78, 5) is 123. The smallest absolute Gasteiger partial charge is 0.326 e. The summed E-state index contributed by atoms with van der Waals surface area (Å²) in [5.74, 6) is -7.96. The van der Waals surface area contributed by atoms with Gasteiger partial charge in [-0.25, -0.2) is 9.78 Å². The quantitative estimate of drug-likeness (QED) is 0.0212. The molecule has 5 aromatic carbocycles. The minimum absolute atomic E-state index is 0.0126. The van der Waals surface area contributed by atoms with Gasteiger partial charge in [0.25, 0.3) is 0 Å². The maximum Gasteiger partial charge on any atom is 0.326 e. The van der Waals surface area contributed by atoms with Crippen molar-refractivity contribution in [2.75, 3.05) is 18.1 Å². The zero-order valence-corrected chi connectivity index (χ0v) is 49.7. The summed E-state index contributed by atoms with van der Waals surface area (Å²) in [6.45, 7) is 3.62. The van der Waals surface area contributed by atoms with Gasteiger partial charge < -0.3 is 63.8 Å². The topological polar surface area (TPSA) is 338 Å². The zero-order chi connectivity index (χ0) is 61.7. The number of para-hydroxylation sites is 1. The Bertz CT molecular complexity index is 3370. The minimum Gasteiger partial charge on any atom is -0.480 e. The van der Waals surface area contributed by atoms with E-state index in [1.54, 1.807) is 20.0 Å². The highest BCUT2D eigenvalue weighted by molar-refractivity contribution is 7.80. The van der Waals surface area contributed by atoms with Crippen LogP contribution in [0.3, 0.4) is 0 Å². The monoisotopic (exact) mass is 1210 g/mol. The van der Waals surface area contributed by atoms with Gasteiger partial charge >= 0.3 is 5.97 Å². The first-order valence-corrected chi connectivity index (χ1v) is 29.9. The maximum atomic E-state index is 14.9. The Balaban J connectivity index is 1.06. The summed E-state index contributed by atoms with van der Waals surface area (Å²) in [5.41, 5.74) is 16.6. The Morgan fingerprint density at radius 2 is 1.09 bits per heavy atom. The molecule has 14 N–H and O–H groups in total. The van der Waals surface area contributed by atoms with Crippen molar-refractivity contribution in [2.45, 2.75) is 113 Å². The SMILES string of the molecule is CC(C)[C@H](NC(=O)[C@H](CCCCN)NC(=O)[C@@H](Cc1c[nH]c2ccccc12)NC(=O)[C@H](Cc1cnc[nH]1)NC(=O)[C@H](CS)NC(=O)[C@@H](N)Cc1ccc2ccccc2c1)C(=O)N[C@@H](CS)C(=O)N[C@@H](CC(c1ccccc1)c1ccccc1)C(=O)O. The molecule has 7 amide bonds. The lowest BCUT2D eigenvalue weighted by molar-refractivity contribution is -0.142. The van der Waals surface area contributed by atoms with Crippen molar-refractivity contribution in [1.29, 1.82) is 0 Å². The Kier molecular flexibility index (Phi) is 24.3. The minimum atomic E-state index is -1.38. The number of nitrogens with zero attached hydrogens (tertiary/aromatic N) is 1. The third-order valence-corrected chi connectivity index (χ3v) is 15.6. The van der Waals surface area contributed by atoms with Gasteiger partial charge in [0.2, 0.25) is 41.4 Å². The standard InChI is InChI=1S/C63H76N12O9S2/c1-37(2)55(62(82)74-54(35-86)61(81)72-52(63(83)84)31-46(40-16-5-3-6-17-40)41-18-7-4-8-19-41)75-57(77)49(23-13-14-26-64)69-58(78)50(29-43-32-67-48-22-12-11-21-45(43)48)70-59(79)51(30-44-33-66-36-68-44)71-60(80)53(34-85)73-56(76)47(65)28-38-24-25-39-15-9-10-20-42(39)27-38/h3-12,15-22,24-25,27,32-33,36-37,46-47,49-55,67,85-86H,13-14,23,26,28-31,34-35,64-65H2,1-2H3,(H,66,68)(H,69,78)(H,70,79)(H,71,80)(H,72,81)(H,73,76)(H,74,82)(H,75,77)(H,83,84)/t47-,49-,50+,51-,52-,53-,54-,55-/m0/s1. The molecule has 0 aliphatic heterocycles. The van der Waals surface area contributed by atoms with E-state index in [0.717, 1.165) is 38.4 Å². The van der Waals surface area contributed by atoms with Gasteiger partial charge in [-0.1, -0.05) is 135 Å². The van der Waals surface area contributed by atoms with Gasteiger partial charge in [0.1, 0.15) is 42.3 Å². The number of carbonyl (C=O) groups excluding carboxylic acids is 7. The first kappa shape index (κ1) is 65.0. The largest absolute Gasteiger partial charge is 0.480 e. The van der Waals surface area contributed by atoms with E-state index >= 15 is 0 Å². The van der Waals surface area contributed by atoms with Crippen LogP contribution in [0.1, 0.15) is 73.4 Å². The van der Waals surface area contributed by atoms with Crippen LogP contribution >= 0.6 is 25.3 Å². The van der Waals surface area contributed by atoms with E-state index in [4.69, 9.17) is 11.5 Å². The van der Waals surface area contributed by atoms with Crippen molar-refractivity contribution < 1.29 is 43.5 Å². The molecular weight excluding hydrogens is 1130 g/mol. The van der Waals surface area contributed by atoms with Gasteiger partial charge in [0.15, 0.2) is 0 Å². The average molecular weight is 1210 g/mol. The summed E-state index contributed by atoms with van der Waals surface area (Å²) in [6.07, 6.45) is 5.40. The second kappa shape index (κ2) is 32.1. The van der Waals surface area contributed by atoms with Crippen molar-refractivity contribution in [1.82, 2.24) is 52.2 Å². The average Bonchev–Trinajstić information content (AvgIpc) is 4.38. The Labute approximate surface area is 510 Å². The number of fused-ring (bicyclic) bond motifs is 2. The van der Waals surface area contributed by atoms with Crippen LogP contribution in [0.15, 0.2) is 146 Å². The van der Waals surface area contributed by atoms with Crippen molar-refractivity contribution in [3.05, 3.63) is 174 Å². The number of aromatic nitrogens is 3. The van der Waals surface area contributed by atoms with Crippen molar-refractivity contribution in [2.24, 2.45) is 17.4 Å². The summed E-state index contributed by atoms with van der Waals surface area (Å²) in [5, 5.41) is 32.2. The number of nitrogens with two attached hydrogens (primary N) is 2. The highest BCUT2D eigenvalue weighted by atomic mass is 32.1. The van der Waals surface area contributed by atoms with Crippen LogP contribution in [0.2, 0.25) is 0 Å². The fourth-order valence-corrected chi connectivity index (χ4v) is 10.6. The number of nitrogens with one attached hydrogen (secondary N) is 9. The van der Waals surface area contributed by atoms with Gasteiger partial charge in [0.05, 0.1) is 12.4 Å². The van der Waals surface area contributed by atoms with E-state index in [9.17, 15) is 43.5 Å². The van der Waals surface area contributed by atoms with Crippen molar-refractivity contribution in [3.63, 3.8) is 0 Å². The molecule has 23 heteroatoms. The molecule has 2 aromatic heterocycles. The molecule has 7 aromatic rings. The van der Waals surface area contributed by atoms with Crippen LogP contribution < -0.4 is 48.7 Å². The Hall–Kier alpha value is -8.51. The molecule has 454 valence electrons. The molecule has 2 heterocycles. The number of aromatic amines is 2. The van der Waals surface area contributed by atoms with Crippen molar-refractivity contribution in [3.8, 4) is 0 Å². The first-order valence-electron chi connectivity index (χ1n) is 28.6. The molecule has 86 heavy (non-hydrogen) atoms. The lowest BCUT2D eigenvalue weighted by Crippen LogP contribution is -2.61. The molecule has 0 aliphatic carbocycles. The highest BCUT2D eigenvalue weighted by Gasteiger charge is 2.36. The maximum absolute atomic E-state index is 14.9. The molecule has 0 spiro atoms. The van der Waals surface area contributed by atoms with E-state index < -0.39 is 107 Å². The lowest BCUT2D eigenvalue weighted by atomic mass is 9.86. The van der Waals surface area contributed by atoms with Crippen LogP contribution in [-0.2, 0) is 57.6 Å². The van der Waals surface area contributed by atoms with Gasteiger partial charge in [0, 0.05) is 59.3 Å². The number of amides is 7. The molecule has 0 aliphatic rings. The molecule has 0 saturated carbocycles. The lowest BCUT2D eigenvalue weighted by Gasteiger charge is -2.29. The predicted octanol–water partition coefficient (Wildman–Crippen LogP) is 3.74. The van der Waals surface area contributed by atoms with Crippen LogP contribution in [0.25, 0.3) is 21.7 Å². The number of rotatable bonds is 32. The van der Waals surface area contributed by atoms with Gasteiger partial charge in [-0.05, 0) is 83.7 Å².